The summed E-state index contributed by atoms with van der Waals surface area (Å²) in [6.07, 6.45) is 0.881. The Labute approximate surface area is 258 Å². The topological polar surface area (TPSA) is 81.1 Å². The van der Waals surface area contributed by atoms with Gasteiger partial charge in [-0.05, 0) is 82.4 Å². The van der Waals surface area contributed by atoms with Crippen LogP contribution in [-0.4, -0.2) is 18.0 Å². The molecule has 0 fully saturated rings. The molecule has 1 N–H and O–H groups in total. The Hall–Kier alpha value is -3.95. The number of fused-ring (bicyclic) bond motifs is 1. The van der Waals surface area contributed by atoms with Crippen molar-refractivity contribution in [2.75, 3.05) is 0 Å². The van der Waals surface area contributed by atoms with Crippen molar-refractivity contribution in [2.24, 2.45) is 0 Å². The minimum absolute atomic E-state index is 0.125. The fraction of sp³-hybridized carbons (Fsp3) is 0.118. The van der Waals surface area contributed by atoms with Crippen LogP contribution in [0.25, 0.3) is 27.4 Å². The van der Waals surface area contributed by atoms with E-state index in [0.717, 1.165) is 33.9 Å². The second kappa shape index (κ2) is 11.0. The summed E-state index contributed by atoms with van der Waals surface area (Å²) in [6.45, 7) is 2.09. The average Bonchev–Trinajstić information content (AvgIpc) is 3.30. The van der Waals surface area contributed by atoms with Crippen LogP contribution >= 0.6 is 23.4 Å². The molecule has 7 rings (SSSR count). The molecular formula is C34H26ClN3O3S2. The highest BCUT2D eigenvalue weighted by Crippen LogP contribution is 2.53. The van der Waals surface area contributed by atoms with Gasteiger partial charge in [-0.3, -0.25) is 9.36 Å². The average molecular weight is 624 g/mol. The standard InChI is InChI=1S/C34H26ClN3O3S2/c1-2-21-13-17-24(18-14-21)38-33(39)26-9-3-4-12-29(26)36-34(38)42-32-28-11-6-8-22-7-5-10-27(30(22)28)31(32)37-43(40,41)25-19-15-23(35)16-20-25/h3-20,31-32,37H,2H2,1H3/t31-,32-/m1/s1. The summed E-state index contributed by atoms with van der Waals surface area (Å²) in [5.41, 5.74) is 4.14. The highest BCUT2D eigenvalue weighted by atomic mass is 35.5. The molecule has 1 aliphatic rings. The number of thioether (sulfide) groups is 1. The van der Waals surface area contributed by atoms with Gasteiger partial charge >= 0.3 is 0 Å². The monoisotopic (exact) mass is 623 g/mol. The Kier molecular flexibility index (Phi) is 7.10. The lowest BCUT2D eigenvalue weighted by Crippen LogP contribution is -2.30. The lowest BCUT2D eigenvalue weighted by Gasteiger charge is -2.24. The van der Waals surface area contributed by atoms with Crippen molar-refractivity contribution in [3.63, 3.8) is 0 Å². The van der Waals surface area contributed by atoms with Crippen LogP contribution in [0.4, 0.5) is 0 Å². The SMILES string of the molecule is CCc1ccc(-n2c(S[C@@H]3c4cccc5cccc(c45)[C@H]3NS(=O)(=O)c3ccc(Cl)cc3)nc3ccccc3c2=O)cc1. The Morgan fingerprint density at radius 2 is 1.56 bits per heavy atom. The Balaban J connectivity index is 1.40. The molecule has 0 spiro atoms. The number of benzene rings is 5. The van der Waals surface area contributed by atoms with Gasteiger partial charge in [0, 0.05) is 5.02 Å². The van der Waals surface area contributed by atoms with Crippen molar-refractivity contribution in [2.45, 2.75) is 34.7 Å². The molecule has 43 heavy (non-hydrogen) atoms. The number of aromatic nitrogens is 2. The van der Waals surface area contributed by atoms with E-state index in [1.807, 2.05) is 78.9 Å². The van der Waals surface area contributed by atoms with E-state index in [4.69, 9.17) is 16.6 Å². The van der Waals surface area contributed by atoms with Crippen LogP contribution in [0.15, 0.2) is 124 Å². The first-order valence-electron chi connectivity index (χ1n) is 13.9. The van der Waals surface area contributed by atoms with Crippen molar-refractivity contribution in [1.82, 2.24) is 14.3 Å². The van der Waals surface area contributed by atoms with Gasteiger partial charge in [0.25, 0.3) is 5.56 Å². The first-order chi connectivity index (χ1) is 20.8. The summed E-state index contributed by atoms with van der Waals surface area (Å²) in [5, 5.41) is 3.08. The third kappa shape index (κ3) is 4.94. The molecule has 0 radical (unpaired) electrons. The van der Waals surface area contributed by atoms with Crippen molar-refractivity contribution < 1.29 is 8.42 Å². The lowest BCUT2D eigenvalue weighted by atomic mass is 10.1. The van der Waals surface area contributed by atoms with Gasteiger partial charge in [-0.25, -0.2) is 18.1 Å². The largest absolute Gasteiger partial charge is 0.268 e. The van der Waals surface area contributed by atoms with E-state index in [0.29, 0.717) is 26.8 Å². The lowest BCUT2D eigenvalue weighted by molar-refractivity contribution is 0.557. The molecule has 2 atom stereocenters. The van der Waals surface area contributed by atoms with Gasteiger partial charge in [0.2, 0.25) is 10.0 Å². The van der Waals surface area contributed by atoms with Crippen LogP contribution < -0.4 is 10.3 Å². The zero-order chi connectivity index (χ0) is 29.7. The molecule has 1 aliphatic carbocycles. The highest BCUT2D eigenvalue weighted by molar-refractivity contribution is 7.99. The molecule has 0 unspecified atom stereocenters. The van der Waals surface area contributed by atoms with Gasteiger partial charge in [0.15, 0.2) is 5.16 Å². The van der Waals surface area contributed by atoms with E-state index in [9.17, 15) is 13.2 Å². The molecule has 9 heteroatoms. The minimum atomic E-state index is -3.92. The Bertz CT molecular complexity index is 2180. The number of sulfonamides is 1. The smallest absolute Gasteiger partial charge is 0.266 e. The second-order valence-corrected chi connectivity index (χ2v) is 13.7. The van der Waals surface area contributed by atoms with E-state index in [-0.39, 0.29) is 10.5 Å². The third-order valence-corrected chi connectivity index (χ3v) is 10.9. The molecule has 0 bridgehead atoms. The summed E-state index contributed by atoms with van der Waals surface area (Å²) in [7, 11) is -3.92. The van der Waals surface area contributed by atoms with Gasteiger partial charge in [0.05, 0.1) is 32.8 Å². The van der Waals surface area contributed by atoms with E-state index in [1.165, 1.54) is 23.9 Å². The molecule has 0 saturated heterocycles. The first kappa shape index (κ1) is 27.9. The number of para-hydroxylation sites is 1. The zero-order valence-corrected chi connectivity index (χ0v) is 25.5. The van der Waals surface area contributed by atoms with Crippen molar-refractivity contribution >= 4 is 55.1 Å². The van der Waals surface area contributed by atoms with Crippen LogP contribution in [0.2, 0.25) is 5.02 Å². The highest BCUT2D eigenvalue weighted by Gasteiger charge is 2.39. The first-order valence-corrected chi connectivity index (χ1v) is 16.7. The van der Waals surface area contributed by atoms with Gasteiger partial charge in [0.1, 0.15) is 0 Å². The van der Waals surface area contributed by atoms with E-state index < -0.39 is 21.3 Å². The number of hydrogen-bond donors (Lipinski definition) is 1. The normalized spacial score (nSPS) is 16.2. The van der Waals surface area contributed by atoms with Gasteiger partial charge in [-0.15, -0.1) is 0 Å². The maximum Gasteiger partial charge on any atom is 0.266 e. The van der Waals surface area contributed by atoms with Crippen molar-refractivity contribution in [1.29, 1.82) is 0 Å². The van der Waals surface area contributed by atoms with Crippen LogP contribution in [0.5, 0.6) is 0 Å². The zero-order valence-electron chi connectivity index (χ0n) is 23.1. The summed E-state index contributed by atoms with van der Waals surface area (Å²) in [6, 6.07) is 32.7. The van der Waals surface area contributed by atoms with E-state index in [2.05, 4.69) is 11.6 Å². The summed E-state index contributed by atoms with van der Waals surface area (Å²) < 4.78 is 32.0. The minimum Gasteiger partial charge on any atom is -0.268 e. The number of hydrogen-bond acceptors (Lipinski definition) is 5. The molecule has 0 aliphatic heterocycles. The van der Waals surface area contributed by atoms with Crippen molar-refractivity contribution in [3.8, 4) is 5.69 Å². The maximum absolute atomic E-state index is 14.0. The van der Waals surface area contributed by atoms with Gasteiger partial charge in [-0.1, -0.05) is 91.0 Å². The number of nitrogens with zero attached hydrogens (tertiary/aromatic N) is 2. The molecule has 214 valence electrons. The quantitative estimate of drug-likeness (QED) is 0.185. The number of aryl methyl sites for hydroxylation is 1. The fourth-order valence-corrected chi connectivity index (χ4v) is 8.54. The number of nitrogens with one attached hydrogen (secondary N) is 1. The van der Waals surface area contributed by atoms with Crippen LogP contribution in [0, 0.1) is 0 Å². The van der Waals surface area contributed by atoms with Gasteiger partial charge in [-0.2, -0.15) is 0 Å². The number of halogens is 1. The van der Waals surface area contributed by atoms with E-state index in [1.54, 1.807) is 22.8 Å². The van der Waals surface area contributed by atoms with Crippen molar-refractivity contribution in [3.05, 3.63) is 141 Å². The predicted octanol–water partition coefficient (Wildman–Crippen LogP) is 7.62. The summed E-state index contributed by atoms with van der Waals surface area (Å²) >= 11 is 7.43. The molecule has 1 aromatic heterocycles. The molecule has 0 saturated carbocycles. The predicted molar refractivity (Wildman–Crippen MR) is 174 cm³/mol. The number of rotatable bonds is 7. The summed E-state index contributed by atoms with van der Waals surface area (Å²) in [4.78, 5) is 19.1. The van der Waals surface area contributed by atoms with Crippen LogP contribution in [-0.2, 0) is 16.4 Å². The molecule has 6 nitrogen and oxygen atoms in total. The van der Waals surface area contributed by atoms with Crippen LogP contribution in [0.1, 0.15) is 34.9 Å². The molecular weight excluding hydrogens is 598 g/mol. The third-order valence-electron chi connectivity index (χ3n) is 7.90. The molecule has 5 aromatic carbocycles. The fourth-order valence-electron chi connectivity index (χ4n) is 5.76. The molecule has 0 amide bonds. The van der Waals surface area contributed by atoms with Gasteiger partial charge < -0.3 is 0 Å². The molecule has 1 heterocycles. The summed E-state index contributed by atoms with van der Waals surface area (Å²) in [5.74, 6) is 0. The molecule has 6 aromatic rings. The Morgan fingerprint density at radius 1 is 0.860 bits per heavy atom. The van der Waals surface area contributed by atoms with Crippen LogP contribution in [0.3, 0.4) is 0 Å². The maximum atomic E-state index is 14.0. The van der Waals surface area contributed by atoms with E-state index >= 15 is 0 Å². The second-order valence-electron chi connectivity index (χ2n) is 10.5. The Morgan fingerprint density at radius 3 is 2.28 bits per heavy atom.